The maximum absolute atomic E-state index is 13.4. The molecule has 12 heteroatoms. The normalized spacial score (nSPS) is 19.2. The Morgan fingerprint density at radius 1 is 1.10 bits per heavy atom. The Labute approximate surface area is 245 Å². The number of ether oxygens (including phenoxy) is 1. The van der Waals surface area contributed by atoms with Crippen LogP contribution in [0.4, 0.5) is 4.79 Å². The fourth-order valence-electron chi connectivity index (χ4n) is 4.89. The van der Waals surface area contributed by atoms with Gasteiger partial charge in [-0.2, -0.15) is 4.31 Å². The average Bonchev–Trinajstić information content (AvgIpc) is 3.17. The van der Waals surface area contributed by atoms with Crippen LogP contribution < -0.4 is 5.32 Å². The van der Waals surface area contributed by atoms with Gasteiger partial charge in [0, 0.05) is 48.5 Å². The highest BCUT2D eigenvalue weighted by atomic mass is 35.5. The fraction of sp³-hybridized carbons (Fsp3) is 0.357. The summed E-state index contributed by atoms with van der Waals surface area (Å²) in [6, 6.07) is 11.9. The molecule has 0 aromatic heterocycles. The third-order valence-electron chi connectivity index (χ3n) is 6.80. The molecule has 2 aliphatic heterocycles. The second kappa shape index (κ2) is 13.2. The number of rotatable bonds is 9. The van der Waals surface area contributed by atoms with Crippen molar-refractivity contribution in [2.24, 2.45) is 0 Å². The molecule has 0 bridgehead atoms. The summed E-state index contributed by atoms with van der Waals surface area (Å²) in [7, 11) is -3.71. The van der Waals surface area contributed by atoms with Gasteiger partial charge in [-0.05, 0) is 61.9 Å². The number of halogens is 2. The lowest BCUT2D eigenvalue weighted by Crippen LogP contribution is -2.51. The first-order valence-electron chi connectivity index (χ1n) is 13.0. The van der Waals surface area contributed by atoms with E-state index in [1.807, 2.05) is 0 Å². The van der Waals surface area contributed by atoms with Crippen molar-refractivity contribution >= 4 is 45.2 Å². The first-order valence-corrected chi connectivity index (χ1v) is 15.2. The highest BCUT2D eigenvalue weighted by Crippen LogP contribution is 2.33. The Kier molecular flexibility index (Phi) is 9.91. The number of benzene rings is 2. The molecule has 40 heavy (non-hydrogen) atoms. The highest BCUT2D eigenvalue weighted by Gasteiger charge is 2.39. The number of amides is 2. The Balaban J connectivity index is 1.66. The van der Waals surface area contributed by atoms with Gasteiger partial charge in [-0.15, -0.1) is 6.58 Å². The van der Waals surface area contributed by atoms with E-state index in [1.165, 1.54) is 21.3 Å². The number of sulfonamides is 1. The molecule has 0 aliphatic carbocycles. The minimum Gasteiger partial charge on any atom is -0.463 e. The minimum atomic E-state index is -3.71. The molecule has 2 aromatic rings. The monoisotopic (exact) mass is 606 g/mol. The summed E-state index contributed by atoms with van der Waals surface area (Å²) in [5.74, 6) is -0.543. The van der Waals surface area contributed by atoms with Crippen molar-refractivity contribution < 1.29 is 22.7 Å². The van der Waals surface area contributed by atoms with Crippen molar-refractivity contribution in [1.82, 2.24) is 19.4 Å². The number of esters is 1. The summed E-state index contributed by atoms with van der Waals surface area (Å²) in [5.41, 5.74) is 1.44. The molecule has 1 saturated heterocycles. The molecule has 1 N–H and O–H groups in total. The van der Waals surface area contributed by atoms with Crippen LogP contribution >= 0.6 is 23.2 Å². The van der Waals surface area contributed by atoms with Crippen LogP contribution in [0.15, 0.2) is 77.4 Å². The van der Waals surface area contributed by atoms with E-state index in [1.54, 1.807) is 49.4 Å². The molecule has 0 radical (unpaired) electrons. The largest absolute Gasteiger partial charge is 0.463 e. The molecule has 9 nitrogen and oxygen atoms in total. The molecule has 2 aliphatic rings. The molecule has 4 rings (SSSR count). The zero-order valence-corrected chi connectivity index (χ0v) is 24.5. The van der Waals surface area contributed by atoms with Gasteiger partial charge < -0.3 is 10.1 Å². The third kappa shape index (κ3) is 6.70. The molecule has 2 aromatic carbocycles. The summed E-state index contributed by atoms with van der Waals surface area (Å²) in [5, 5.41) is 3.85. The third-order valence-corrected chi connectivity index (χ3v) is 9.20. The lowest BCUT2D eigenvalue weighted by Gasteiger charge is -2.38. The molecule has 214 valence electrons. The van der Waals surface area contributed by atoms with Crippen molar-refractivity contribution in [3.05, 3.63) is 88.1 Å². The van der Waals surface area contributed by atoms with Gasteiger partial charge in [-0.25, -0.2) is 18.0 Å². The zero-order valence-electron chi connectivity index (χ0n) is 22.2. The maximum atomic E-state index is 13.4. The molecule has 2 amide bonds. The van der Waals surface area contributed by atoms with Crippen molar-refractivity contribution in [2.75, 3.05) is 45.9 Å². The van der Waals surface area contributed by atoms with Crippen LogP contribution in [0.25, 0.3) is 0 Å². The Morgan fingerprint density at radius 2 is 1.85 bits per heavy atom. The van der Waals surface area contributed by atoms with Crippen LogP contribution in [0.1, 0.15) is 24.9 Å². The molecular weight excluding hydrogens is 575 g/mol. The molecular formula is C28H32Cl2N4O5S. The van der Waals surface area contributed by atoms with Crippen molar-refractivity contribution in [3.8, 4) is 0 Å². The van der Waals surface area contributed by atoms with Gasteiger partial charge in [0.1, 0.15) is 0 Å². The van der Waals surface area contributed by atoms with Crippen LogP contribution in [-0.2, 0) is 19.6 Å². The van der Waals surface area contributed by atoms with Crippen molar-refractivity contribution in [2.45, 2.75) is 24.3 Å². The SMILES string of the molecule is C=CCN1C(=O)NC(c2cccc(Cl)c2)C(C(=O)OCC)=C1CN1CCCN(S(=O)(=O)c2ccc(Cl)cc2)CC1. The van der Waals surface area contributed by atoms with E-state index >= 15 is 0 Å². The van der Waals surface area contributed by atoms with Gasteiger partial charge in [-0.3, -0.25) is 9.80 Å². The van der Waals surface area contributed by atoms with E-state index in [0.29, 0.717) is 52.9 Å². The summed E-state index contributed by atoms with van der Waals surface area (Å²) < 4.78 is 33.5. The Hall–Kier alpha value is -2.89. The number of carbonyl (C=O) groups excluding carboxylic acids is 2. The Morgan fingerprint density at radius 3 is 2.52 bits per heavy atom. The van der Waals surface area contributed by atoms with E-state index in [4.69, 9.17) is 27.9 Å². The number of nitrogens with one attached hydrogen (secondary N) is 1. The Bertz CT molecular complexity index is 1400. The molecule has 2 heterocycles. The van der Waals surface area contributed by atoms with Crippen LogP contribution in [-0.4, -0.2) is 80.4 Å². The van der Waals surface area contributed by atoms with Crippen LogP contribution in [0.5, 0.6) is 0 Å². The number of urea groups is 1. The number of carbonyl (C=O) groups is 2. The summed E-state index contributed by atoms with van der Waals surface area (Å²) >= 11 is 12.2. The van der Waals surface area contributed by atoms with Gasteiger partial charge >= 0.3 is 12.0 Å². The van der Waals surface area contributed by atoms with E-state index in [9.17, 15) is 18.0 Å². The second-order valence-corrected chi connectivity index (χ2v) is 12.2. The predicted molar refractivity (Wildman–Crippen MR) is 155 cm³/mol. The molecule has 1 fully saturated rings. The molecule has 0 spiro atoms. The number of hydrogen-bond donors (Lipinski definition) is 1. The van der Waals surface area contributed by atoms with Gasteiger partial charge in [0.05, 0.1) is 23.1 Å². The van der Waals surface area contributed by atoms with E-state index in [0.717, 1.165) is 0 Å². The van der Waals surface area contributed by atoms with Crippen LogP contribution in [0.3, 0.4) is 0 Å². The highest BCUT2D eigenvalue weighted by molar-refractivity contribution is 7.89. The smallest absolute Gasteiger partial charge is 0.338 e. The summed E-state index contributed by atoms with van der Waals surface area (Å²) in [4.78, 5) is 30.4. The lowest BCUT2D eigenvalue weighted by atomic mass is 9.94. The average molecular weight is 608 g/mol. The van der Waals surface area contributed by atoms with E-state index in [-0.39, 0.29) is 37.2 Å². The maximum Gasteiger partial charge on any atom is 0.338 e. The number of hydrogen-bond acceptors (Lipinski definition) is 6. The van der Waals surface area contributed by atoms with Crippen molar-refractivity contribution in [1.29, 1.82) is 0 Å². The second-order valence-electron chi connectivity index (χ2n) is 9.41. The first kappa shape index (κ1) is 30.1. The molecule has 0 saturated carbocycles. The quantitative estimate of drug-likeness (QED) is 0.334. The topological polar surface area (TPSA) is 99.3 Å². The van der Waals surface area contributed by atoms with Gasteiger partial charge in [0.25, 0.3) is 0 Å². The van der Waals surface area contributed by atoms with Crippen molar-refractivity contribution in [3.63, 3.8) is 0 Å². The van der Waals surface area contributed by atoms with Gasteiger partial charge in [0.2, 0.25) is 10.0 Å². The van der Waals surface area contributed by atoms with Gasteiger partial charge in [0.15, 0.2) is 0 Å². The summed E-state index contributed by atoms with van der Waals surface area (Å²) in [6.07, 6.45) is 2.16. The van der Waals surface area contributed by atoms with E-state index in [2.05, 4.69) is 16.8 Å². The minimum absolute atomic E-state index is 0.161. The predicted octanol–water partition coefficient (Wildman–Crippen LogP) is 4.46. The fourth-order valence-corrected chi connectivity index (χ4v) is 6.69. The summed E-state index contributed by atoms with van der Waals surface area (Å²) in [6.45, 7) is 7.63. The molecule has 1 unspecified atom stereocenters. The van der Waals surface area contributed by atoms with Crippen LogP contribution in [0.2, 0.25) is 10.0 Å². The van der Waals surface area contributed by atoms with Crippen LogP contribution in [0, 0.1) is 0 Å². The van der Waals surface area contributed by atoms with E-state index < -0.39 is 22.0 Å². The first-order chi connectivity index (χ1) is 19.1. The lowest BCUT2D eigenvalue weighted by molar-refractivity contribution is -0.139. The van der Waals surface area contributed by atoms with Gasteiger partial charge in [-0.1, -0.05) is 41.4 Å². The zero-order chi connectivity index (χ0) is 28.9. The standard InChI is InChI=1S/C28H32Cl2N4O5S/c1-3-13-34-24(25(27(35)39-4-2)26(31-28(34)36)20-7-5-8-22(30)18-20)19-32-14-6-15-33(17-16-32)40(37,38)23-11-9-21(29)10-12-23/h3,5,7-12,18,26H,1,4,6,13-17,19H2,2H3,(H,31,36). The molecule has 1 atom stereocenters. The number of nitrogens with zero attached hydrogens (tertiary/aromatic N) is 3.